The van der Waals surface area contributed by atoms with E-state index in [0.29, 0.717) is 23.9 Å². The fraction of sp³-hybridized carbons (Fsp3) is 0.364. The van der Waals surface area contributed by atoms with Crippen molar-refractivity contribution < 1.29 is 9.53 Å². The van der Waals surface area contributed by atoms with E-state index in [0.717, 1.165) is 6.42 Å². The predicted molar refractivity (Wildman–Crippen MR) is 63.6 cm³/mol. The third-order valence-corrected chi connectivity index (χ3v) is 2.21. The summed E-state index contributed by atoms with van der Waals surface area (Å²) in [5.41, 5.74) is 5.30. The van der Waals surface area contributed by atoms with Gasteiger partial charge in [-0.3, -0.25) is 4.79 Å². The summed E-state index contributed by atoms with van der Waals surface area (Å²) in [6.07, 6.45) is 0.762. The maximum absolute atomic E-state index is 11.3. The molecule has 1 aromatic carbocycles. The second kappa shape index (κ2) is 7.09. The van der Waals surface area contributed by atoms with Crippen LogP contribution in [0.15, 0.2) is 24.3 Å². The Morgan fingerprint density at radius 2 is 2.19 bits per heavy atom. The number of hydrogen-bond acceptors (Lipinski definition) is 3. The van der Waals surface area contributed by atoms with E-state index >= 15 is 0 Å². The maximum atomic E-state index is 11.3. The van der Waals surface area contributed by atoms with Crippen LogP contribution in [0.1, 0.15) is 6.42 Å². The topological polar surface area (TPSA) is 64.3 Å². The van der Waals surface area contributed by atoms with E-state index in [1.807, 2.05) is 0 Å². The van der Waals surface area contributed by atoms with Gasteiger partial charge in [0.05, 0.1) is 5.02 Å². The van der Waals surface area contributed by atoms with Crippen LogP contribution in [0, 0.1) is 0 Å². The monoisotopic (exact) mass is 242 g/mol. The number of ether oxygens (including phenoxy) is 1. The molecule has 4 nitrogen and oxygen atoms in total. The SMILES string of the molecule is NCCCNC(=O)COc1ccccc1Cl. The summed E-state index contributed by atoms with van der Waals surface area (Å²) in [7, 11) is 0. The first-order valence-corrected chi connectivity index (χ1v) is 5.46. The second-order valence-corrected chi connectivity index (χ2v) is 3.62. The molecule has 0 atom stereocenters. The lowest BCUT2D eigenvalue weighted by Crippen LogP contribution is -2.30. The minimum absolute atomic E-state index is 0.0334. The van der Waals surface area contributed by atoms with Crippen molar-refractivity contribution in [2.24, 2.45) is 5.73 Å². The lowest BCUT2D eigenvalue weighted by atomic mass is 10.3. The molecule has 88 valence electrons. The van der Waals surface area contributed by atoms with E-state index in [4.69, 9.17) is 22.1 Å². The summed E-state index contributed by atoms with van der Waals surface area (Å²) < 4.78 is 5.25. The molecular formula is C11H15ClN2O2. The smallest absolute Gasteiger partial charge is 0.257 e. The van der Waals surface area contributed by atoms with Crippen molar-refractivity contribution in [2.45, 2.75) is 6.42 Å². The molecule has 0 saturated carbocycles. The van der Waals surface area contributed by atoms with Crippen LogP contribution in [0.2, 0.25) is 5.02 Å². The molecule has 0 radical (unpaired) electrons. The molecule has 0 saturated heterocycles. The highest BCUT2D eigenvalue weighted by Gasteiger charge is 2.04. The van der Waals surface area contributed by atoms with Crippen molar-refractivity contribution in [3.63, 3.8) is 0 Å². The fourth-order valence-corrected chi connectivity index (χ4v) is 1.28. The Morgan fingerprint density at radius 3 is 2.88 bits per heavy atom. The van der Waals surface area contributed by atoms with Gasteiger partial charge >= 0.3 is 0 Å². The lowest BCUT2D eigenvalue weighted by molar-refractivity contribution is -0.123. The summed E-state index contributed by atoms with van der Waals surface area (Å²) in [4.78, 5) is 11.3. The molecule has 0 heterocycles. The molecule has 0 spiro atoms. The summed E-state index contributed by atoms with van der Waals surface area (Å²) in [5, 5.41) is 3.18. The molecule has 0 aliphatic carbocycles. The number of hydrogen-bond donors (Lipinski definition) is 2. The molecule has 3 N–H and O–H groups in total. The molecule has 0 aromatic heterocycles. The Bertz CT molecular complexity index is 345. The maximum Gasteiger partial charge on any atom is 0.257 e. The van der Waals surface area contributed by atoms with E-state index < -0.39 is 0 Å². The number of halogens is 1. The number of nitrogens with one attached hydrogen (secondary N) is 1. The lowest BCUT2D eigenvalue weighted by Gasteiger charge is -2.07. The van der Waals surface area contributed by atoms with E-state index in [1.54, 1.807) is 24.3 Å². The number of carbonyl (C=O) groups is 1. The predicted octanol–water partition coefficient (Wildman–Crippen LogP) is 1.18. The van der Waals surface area contributed by atoms with E-state index in [1.165, 1.54) is 0 Å². The zero-order chi connectivity index (χ0) is 11.8. The van der Waals surface area contributed by atoms with Crippen molar-refractivity contribution in [1.29, 1.82) is 0 Å². The molecule has 1 rings (SSSR count). The minimum Gasteiger partial charge on any atom is -0.482 e. The van der Waals surface area contributed by atoms with Crippen LogP contribution in [0.5, 0.6) is 5.75 Å². The van der Waals surface area contributed by atoms with Gasteiger partial charge in [-0.2, -0.15) is 0 Å². The van der Waals surface area contributed by atoms with Crippen molar-refractivity contribution >= 4 is 17.5 Å². The third kappa shape index (κ3) is 4.51. The Kier molecular flexibility index (Phi) is 5.67. The molecule has 0 aliphatic rings. The molecule has 16 heavy (non-hydrogen) atoms. The molecule has 0 fully saturated rings. The normalized spacial score (nSPS) is 9.88. The summed E-state index contributed by atoms with van der Waals surface area (Å²) >= 11 is 5.86. The number of para-hydroxylation sites is 1. The van der Waals surface area contributed by atoms with E-state index in [9.17, 15) is 4.79 Å². The second-order valence-electron chi connectivity index (χ2n) is 3.21. The van der Waals surface area contributed by atoms with E-state index in [2.05, 4.69) is 5.32 Å². The molecule has 0 bridgehead atoms. The molecule has 1 aromatic rings. The first kappa shape index (κ1) is 12.8. The molecule has 0 aliphatic heterocycles. The van der Waals surface area contributed by atoms with Crippen molar-refractivity contribution in [1.82, 2.24) is 5.32 Å². The van der Waals surface area contributed by atoms with Crippen LogP contribution in [0.3, 0.4) is 0 Å². The Balaban J connectivity index is 2.29. The van der Waals surface area contributed by atoms with Gasteiger partial charge in [0, 0.05) is 6.54 Å². The summed E-state index contributed by atoms with van der Waals surface area (Å²) in [6, 6.07) is 7.03. The third-order valence-electron chi connectivity index (χ3n) is 1.90. The van der Waals surface area contributed by atoms with Gasteiger partial charge < -0.3 is 15.8 Å². The highest BCUT2D eigenvalue weighted by molar-refractivity contribution is 6.32. The molecule has 0 unspecified atom stereocenters. The largest absolute Gasteiger partial charge is 0.482 e. The summed E-state index contributed by atoms with van der Waals surface area (Å²) in [5.74, 6) is 0.339. The highest BCUT2D eigenvalue weighted by atomic mass is 35.5. The zero-order valence-corrected chi connectivity index (χ0v) is 9.67. The van der Waals surface area contributed by atoms with Crippen LogP contribution >= 0.6 is 11.6 Å². The summed E-state index contributed by atoms with van der Waals surface area (Å²) in [6.45, 7) is 1.10. The standard InChI is InChI=1S/C11H15ClN2O2/c12-9-4-1-2-5-10(9)16-8-11(15)14-7-3-6-13/h1-2,4-5H,3,6-8,13H2,(H,14,15). The van der Waals surface area contributed by atoms with Gasteiger partial charge in [0.2, 0.25) is 0 Å². The van der Waals surface area contributed by atoms with Gasteiger partial charge in [0.25, 0.3) is 5.91 Å². The Labute approximate surface area is 99.7 Å². The quantitative estimate of drug-likeness (QED) is 0.737. The number of nitrogens with two attached hydrogens (primary N) is 1. The first-order valence-electron chi connectivity index (χ1n) is 5.08. The van der Waals surface area contributed by atoms with Crippen LogP contribution < -0.4 is 15.8 Å². The van der Waals surface area contributed by atoms with Gasteiger partial charge in [-0.25, -0.2) is 0 Å². The van der Waals surface area contributed by atoms with Gasteiger partial charge in [-0.15, -0.1) is 0 Å². The Hall–Kier alpha value is -1.26. The minimum atomic E-state index is -0.173. The van der Waals surface area contributed by atoms with Gasteiger partial charge in [-0.1, -0.05) is 23.7 Å². The van der Waals surface area contributed by atoms with E-state index in [-0.39, 0.29) is 12.5 Å². The molecular weight excluding hydrogens is 228 g/mol. The van der Waals surface area contributed by atoms with Crippen LogP contribution in [0.4, 0.5) is 0 Å². The highest BCUT2D eigenvalue weighted by Crippen LogP contribution is 2.22. The average Bonchev–Trinajstić information content (AvgIpc) is 2.28. The number of amides is 1. The number of carbonyl (C=O) groups excluding carboxylic acids is 1. The Morgan fingerprint density at radius 1 is 1.44 bits per heavy atom. The average molecular weight is 243 g/mol. The van der Waals surface area contributed by atoms with Gasteiger partial charge in [-0.05, 0) is 25.1 Å². The van der Waals surface area contributed by atoms with Gasteiger partial charge in [0.1, 0.15) is 5.75 Å². The number of benzene rings is 1. The van der Waals surface area contributed by atoms with Crippen molar-refractivity contribution in [3.05, 3.63) is 29.3 Å². The van der Waals surface area contributed by atoms with Crippen LogP contribution in [-0.2, 0) is 4.79 Å². The van der Waals surface area contributed by atoms with Gasteiger partial charge in [0.15, 0.2) is 6.61 Å². The van der Waals surface area contributed by atoms with Crippen molar-refractivity contribution in [2.75, 3.05) is 19.7 Å². The van der Waals surface area contributed by atoms with Crippen molar-refractivity contribution in [3.8, 4) is 5.75 Å². The first-order chi connectivity index (χ1) is 7.74. The molecule has 1 amide bonds. The van der Waals surface area contributed by atoms with Crippen LogP contribution in [0.25, 0.3) is 0 Å². The fourth-order valence-electron chi connectivity index (χ4n) is 1.09. The molecule has 5 heteroatoms. The van der Waals surface area contributed by atoms with Crippen LogP contribution in [-0.4, -0.2) is 25.6 Å². The zero-order valence-electron chi connectivity index (χ0n) is 8.91. The number of rotatable bonds is 6.